The largest absolute Gasteiger partial charge is 0.481 e. The van der Waals surface area contributed by atoms with Crippen molar-refractivity contribution in [1.29, 1.82) is 0 Å². The van der Waals surface area contributed by atoms with Crippen LogP contribution in [0.25, 0.3) is 0 Å². The molecule has 8 rings (SSSR count). The lowest BCUT2D eigenvalue weighted by Gasteiger charge is -2.45. The molecule has 8 saturated carbocycles. The zero-order chi connectivity index (χ0) is 43.5. The Labute approximate surface area is 376 Å². The second-order valence-corrected chi connectivity index (χ2v) is 20.2. The lowest BCUT2D eigenvalue weighted by atomic mass is 9.57. The van der Waals surface area contributed by atoms with E-state index in [4.69, 9.17) is 0 Å². The smallest absolute Gasteiger partial charge is 0.307 e. The fraction of sp³-hybridized carbons (Fsp3) is 0.964. The molecule has 60 heavy (non-hydrogen) atoms. The number of carbonyl (C=O) groups is 2. The average Bonchev–Trinajstić information content (AvgIpc) is 3.35. The summed E-state index contributed by atoms with van der Waals surface area (Å²) in [6, 6.07) is 0. The maximum atomic E-state index is 11.5. The van der Waals surface area contributed by atoms with E-state index in [1.807, 2.05) is 13.8 Å². The van der Waals surface area contributed by atoms with Crippen LogP contribution in [0.1, 0.15) is 328 Å². The molecule has 4 heteroatoms. The molecule has 8 fully saturated rings. The molecule has 2 unspecified atom stereocenters. The summed E-state index contributed by atoms with van der Waals surface area (Å²) < 4.78 is 0. The zero-order valence-corrected chi connectivity index (χ0v) is 41.0. The van der Waals surface area contributed by atoms with Crippen molar-refractivity contribution in [3.05, 3.63) is 0 Å². The number of rotatable bonds is 6. The van der Waals surface area contributed by atoms with Crippen LogP contribution in [0.5, 0.6) is 0 Å². The number of hydrogen-bond donors (Lipinski definition) is 2. The third-order valence-electron chi connectivity index (χ3n) is 15.1. The van der Waals surface area contributed by atoms with E-state index in [0.29, 0.717) is 12.8 Å². The van der Waals surface area contributed by atoms with E-state index in [2.05, 4.69) is 0 Å². The van der Waals surface area contributed by atoms with Crippen molar-refractivity contribution < 1.29 is 19.8 Å². The lowest BCUT2D eigenvalue weighted by Crippen LogP contribution is -2.46. The topological polar surface area (TPSA) is 74.6 Å². The Morgan fingerprint density at radius 1 is 0.283 bits per heavy atom. The fourth-order valence-corrected chi connectivity index (χ4v) is 11.2. The van der Waals surface area contributed by atoms with Crippen LogP contribution in [-0.4, -0.2) is 22.2 Å². The van der Waals surface area contributed by atoms with E-state index >= 15 is 0 Å². The second-order valence-electron chi connectivity index (χ2n) is 20.2. The molecular weight excluding hydrogens is 737 g/mol. The van der Waals surface area contributed by atoms with Gasteiger partial charge in [-0.2, -0.15) is 0 Å². The molecule has 8 aliphatic rings. The van der Waals surface area contributed by atoms with E-state index < -0.39 is 29.2 Å². The number of carboxylic acid groups (broad SMARTS) is 2. The third kappa shape index (κ3) is 31.7. The second kappa shape index (κ2) is 43.2. The van der Waals surface area contributed by atoms with Crippen LogP contribution in [0.3, 0.4) is 0 Å². The van der Waals surface area contributed by atoms with Gasteiger partial charge in [-0.25, -0.2) is 0 Å². The Kier molecular flexibility index (Phi) is 41.0. The quantitative estimate of drug-likeness (QED) is 0.279. The van der Waals surface area contributed by atoms with E-state index in [0.717, 1.165) is 32.1 Å². The van der Waals surface area contributed by atoms with Gasteiger partial charge >= 0.3 is 11.9 Å². The Hall–Kier alpha value is -1.06. The molecule has 8 aliphatic carbocycles. The highest BCUT2D eigenvalue weighted by Crippen LogP contribution is 2.51. The van der Waals surface area contributed by atoms with Gasteiger partial charge in [0.05, 0.1) is 11.8 Å². The van der Waals surface area contributed by atoms with Crippen molar-refractivity contribution in [3.8, 4) is 0 Å². The fourth-order valence-electron chi connectivity index (χ4n) is 11.2. The van der Waals surface area contributed by atoms with Crippen molar-refractivity contribution in [1.82, 2.24) is 0 Å². The minimum atomic E-state index is -0.834. The first kappa shape index (κ1) is 57.0. The van der Waals surface area contributed by atoms with Gasteiger partial charge in [-0.05, 0) is 31.1 Å². The van der Waals surface area contributed by atoms with E-state index in [1.165, 1.54) is 270 Å². The summed E-state index contributed by atoms with van der Waals surface area (Å²) in [4.78, 5) is 23.0. The molecule has 0 amide bonds. The molecule has 0 radical (unpaired) electrons. The standard InChI is InChI=1S/C14H24O4.7C6H12/c1-3-10(12(15)16)14(8-6-5-7-9-14)11(4-2)13(17)18;7*1-2-4-6-5-3-1/h10-11H,3-9H2,1-2H3,(H,15,16)(H,17,18);7*1-6H2. The minimum Gasteiger partial charge on any atom is -0.481 e. The van der Waals surface area contributed by atoms with Crippen LogP contribution in [0.15, 0.2) is 0 Å². The predicted molar refractivity (Wildman–Crippen MR) is 262 cm³/mol. The van der Waals surface area contributed by atoms with Gasteiger partial charge in [-0.15, -0.1) is 0 Å². The van der Waals surface area contributed by atoms with E-state index in [9.17, 15) is 19.8 Å². The molecule has 0 aromatic carbocycles. The predicted octanol–water partition coefficient (Wildman–Crippen LogP) is 19.5. The normalized spacial score (nSPS) is 23.4. The Morgan fingerprint density at radius 2 is 0.400 bits per heavy atom. The first-order valence-electron chi connectivity index (χ1n) is 27.9. The van der Waals surface area contributed by atoms with Crippen molar-refractivity contribution in [3.63, 3.8) is 0 Å². The number of aliphatic carboxylic acids is 2. The molecule has 0 aromatic rings. The van der Waals surface area contributed by atoms with Crippen LogP contribution >= 0.6 is 0 Å². The van der Waals surface area contributed by atoms with Crippen LogP contribution < -0.4 is 0 Å². The molecule has 0 bridgehead atoms. The Bertz CT molecular complexity index is 658. The Balaban J connectivity index is 0.000000362. The maximum Gasteiger partial charge on any atom is 0.307 e. The summed E-state index contributed by atoms with van der Waals surface area (Å²) in [5, 5.41) is 18.8. The van der Waals surface area contributed by atoms with Crippen LogP contribution in [-0.2, 0) is 9.59 Å². The van der Waals surface area contributed by atoms with Crippen molar-refractivity contribution in [2.75, 3.05) is 0 Å². The first-order chi connectivity index (χ1) is 29.5. The highest BCUT2D eigenvalue weighted by atomic mass is 16.4. The number of carboxylic acids is 2. The first-order valence-corrected chi connectivity index (χ1v) is 27.9. The van der Waals surface area contributed by atoms with E-state index in [1.54, 1.807) is 0 Å². The molecule has 0 heterocycles. The van der Waals surface area contributed by atoms with Crippen molar-refractivity contribution >= 4 is 11.9 Å². The van der Waals surface area contributed by atoms with Gasteiger partial charge in [-0.3, -0.25) is 9.59 Å². The maximum absolute atomic E-state index is 11.5. The van der Waals surface area contributed by atoms with Crippen LogP contribution in [0, 0.1) is 17.3 Å². The molecule has 0 spiro atoms. The molecule has 2 N–H and O–H groups in total. The van der Waals surface area contributed by atoms with Crippen molar-refractivity contribution in [2.24, 2.45) is 17.3 Å². The van der Waals surface area contributed by atoms with Gasteiger partial charge in [0.15, 0.2) is 0 Å². The highest BCUT2D eigenvalue weighted by molar-refractivity contribution is 5.75. The van der Waals surface area contributed by atoms with Crippen molar-refractivity contribution in [2.45, 2.75) is 328 Å². The van der Waals surface area contributed by atoms with Gasteiger partial charge < -0.3 is 10.2 Å². The van der Waals surface area contributed by atoms with Crippen LogP contribution in [0.4, 0.5) is 0 Å². The monoisotopic (exact) mass is 845 g/mol. The SMILES string of the molecule is C1CCCCC1.C1CCCCC1.C1CCCCC1.C1CCCCC1.C1CCCCC1.C1CCCCC1.C1CCCCC1.CCC(C(=O)O)C1(C(CC)C(=O)O)CCCCC1. The summed E-state index contributed by atoms with van der Waals surface area (Å²) in [7, 11) is 0. The van der Waals surface area contributed by atoms with Gasteiger partial charge in [0.2, 0.25) is 0 Å². The van der Waals surface area contributed by atoms with Gasteiger partial charge in [0, 0.05) is 0 Å². The highest BCUT2D eigenvalue weighted by Gasteiger charge is 2.50. The minimum absolute atomic E-state index is 0.513. The lowest BCUT2D eigenvalue weighted by molar-refractivity contribution is -0.159. The third-order valence-corrected chi connectivity index (χ3v) is 15.1. The average molecular weight is 845 g/mol. The Morgan fingerprint density at radius 3 is 0.500 bits per heavy atom. The summed E-state index contributed by atoms with van der Waals surface area (Å²) in [5.41, 5.74) is -0.542. The van der Waals surface area contributed by atoms with Gasteiger partial charge in [-0.1, -0.05) is 303 Å². The van der Waals surface area contributed by atoms with Gasteiger partial charge in [0.1, 0.15) is 0 Å². The van der Waals surface area contributed by atoms with E-state index in [-0.39, 0.29) is 0 Å². The molecule has 2 atom stereocenters. The van der Waals surface area contributed by atoms with Crippen LogP contribution in [0.2, 0.25) is 0 Å². The zero-order valence-electron chi connectivity index (χ0n) is 41.0. The summed E-state index contributed by atoms with van der Waals surface area (Å²) in [6.45, 7) is 3.70. The number of hydrogen-bond acceptors (Lipinski definition) is 2. The summed E-state index contributed by atoms with van der Waals surface area (Å²) >= 11 is 0. The molecular formula is C56H108O4. The molecule has 0 saturated heterocycles. The molecule has 356 valence electrons. The van der Waals surface area contributed by atoms with Gasteiger partial charge in [0.25, 0.3) is 0 Å². The molecule has 4 nitrogen and oxygen atoms in total. The summed E-state index contributed by atoms with van der Waals surface area (Å²) in [5.74, 6) is -2.73. The molecule has 0 aromatic heterocycles. The molecule has 0 aliphatic heterocycles. The summed E-state index contributed by atoms with van der Waals surface area (Å²) in [6.07, 6.45) is 68.5.